The molecule has 4 aliphatic rings. The Balaban J connectivity index is 1.21. The standard InChI is InChI=1S/C35H47F2NO6/c1-20-15-27-33(42,29(20)40)18-23(19-39)16-25-28-32(3,4)34(28,17-21(2)35(25,27)43)44-31(41)26(38)10-8-6-5-7-9-22-11-13-24(14-12-22)30(36)37/h11-16,21,25-28,30,39,42-43H,5-10,17-19,38H2,1-4H3/t21-,25+,26+,27-,28+,33-,34+,35-/m1/s1. The fraction of sp³-hybridized carbons (Fsp3) is 0.657. The van der Waals surface area contributed by atoms with Gasteiger partial charge in [0.1, 0.15) is 17.2 Å². The topological polar surface area (TPSA) is 130 Å². The molecule has 0 amide bonds. The van der Waals surface area contributed by atoms with E-state index in [9.17, 15) is 33.7 Å². The molecule has 0 spiro atoms. The first-order valence-electron chi connectivity index (χ1n) is 16.0. The van der Waals surface area contributed by atoms with Crippen LogP contribution in [-0.4, -0.2) is 56.5 Å². The number of hydrogen-bond donors (Lipinski definition) is 4. The van der Waals surface area contributed by atoms with Crippen LogP contribution in [0.1, 0.15) is 90.2 Å². The molecule has 5 rings (SSSR count). The highest BCUT2D eigenvalue weighted by Crippen LogP contribution is 2.76. The number of alkyl halides is 2. The number of aliphatic hydroxyl groups is 3. The van der Waals surface area contributed by atoms with Crippen LogP contribution in [-0.2, 0) is 20.7 Å². The van der Waals surface area contributed by atoms with Gasteiger partial charge in [0.2, 0.25) is 0 Å². The van der Waals surface area contributed by atoms with Crippen LogP contribution in [0.5, 0.6) is 0 Å². The van der Waals surface area contributed by atoms with E-state index in [-0.39, 0.29) is 24.5 Å². The molecule has 0 aliphatic heterocycles. The summed E-state index contributed by atoms with van der Waals surface area (Å²) in [6.45, 7) is 7.21. The monoisotopic (exact) mass is 615 g/mol. The van der Waals surface area contributed by atoms with Gasteiger partial charge in [-0.3, -0.25) is 9.59 Å². The number of aliphatic hydroxyl groups excluding tert-OH is 1. The van der Waals surface area contributed by atoms with E-state index in [0.29, 0.717) is 24.0 Å². The molecule has 4 aliphatic carbocycles. The first-order chi connectivity index (χ1) is 20.6. The minimum atomic E-state index is -2.46. The average molecular weight is 616 g/mol. The van der Waals surface area contributed by atoms with Crippen molar-refractivity contribution in [3.05, 3.63) is 58.7 Å². The van der Waals surface area contributed by atoms with Crippen LogP contribution in [0.2, 0.25) is 0 Å². The molecular weight excluding hydrogens is 568 g/mol. The Kier molecular flexibility index (Phi) is 8.77. The molecular formula is C35H47F2NO6. The molecule has 1 aromatic carbocycles. The smallest absolute Gasteiger partial charge is 0.323 e. The third-order valence-corrected chi connectivity index (χ3v) is 11.4. The molecule has 0 bridgehead atoms. The van der Waals surface area contributed by atoms with E-state index in [2.05, 4.69) is 0 Å². The SMILES string of the molecule is CC1=C[C@H]2[C@@]3(O)[C@H](C)C[C@]4(OC(=O)[C@@H](N)CCCCCCc5ccc(C(F)F)cc5)[C@@H]([C@@H]3C=C(CO)C[C@]2(O)C1=O)C4(C)C. The highest BCUT2D eigenvalue weighted by molar-refractivity contribution is 6.04. The van der Waals surface area contributed by atoms with E-state index in [1.54, 1.807) is 25.1 Å². The van der Waals surface area contributed by atoms with Crippen LogP contribution < -0.4 is 5.73 Å². The number of ketones is 1. The molecule has 44 heavy (non-hydrogen) atoms. The Morgan fingerprint density at radius 3 is 2.39 bits per heavy atom. The summed E-state index contributed by atoms with van der Waals surface area (Å²) in [7, 11) is 0. The molecule has 0 unspecified atom stereocenters. The van der Waals surface area contributed by atoms with Crippen LogP contribution in [0.4, 0.5) is 8.78 Å². The number of nitrogens with two attached hydrogens (primary N) is 1. The summed E-state index contributed by atoms with van der Waals surface area (Å²) >= 11 is 0. The Morgan fingerprint density at radius 1 is 1.09 bits per heavy atom. The number of Topliss-reactive ketones (excluding diaryl/α,β-unsaturated/α-hetero) is 1. The second-order valence-electron chi connectivity index (χ2n) is 14.4. The number of benzene rings is 1. The van der Waals surface area contributed by atoms with E-state index in [4.69, 9.17) is 10.5 Å². The van der Waals surface area contributed by atoms with Gasteiger partial charge in [0.25, 0.3) is 6.43 Å². The number of carbonyl (C=O) groups is 2. The van der Waals surface area contributed by atoms with Crippen molar-refractivity contribution < 1.29 is 38.4 Å². The van der Waals surface area contributed by atoms with Gasteiger partial charge in [-0.15, -0.1) is 0 Å². The van der Waals surface area contributed by atoms with Crippen molar-refractivity contribution in [2.75, 3.05) is 6.61 Å². The van der Waals surface area contributed by atoms with Crippen molar-refractivity contribution in [2.24, 2.45) is 34.8 Å². The maximum atomic E-state index is 13.4. The number of hydrogen-bond acceptors (Lipinski definition) is 7. The fourth-order valence-corrected chi connectivity index (χ4v) is 8.85. The molecule has 0 radical (unpaired) electrons. The van der Waals surface area contributed by atoms with Crippen molar-refractivity contribution in [1.82, 2.24) is 0 Å². The molecule has 9 heteroatoms. The van der Waals surface area contributed by atoms with Gasteiger partial charge >= 0.3 is 5.97 Å². The van der Waals surface area contributed by atoms with Gasteiger partial charge < -0.3 is 25.8 Å². The number of rotatable bonds is 11. The normalized spacial score (nSPS) is 36.0. The molecule has 1 aromatic rings. The van der Waals surface area contributed by atoms with E-state index in [1.165, 1.54) is 12.1 Å². The molecule has 242 valence electrons. The molecule has 2 saturated carbocycles. The lowest BCUT2D eigenvalue weighted by molar-refractivity contribution is -0.187. The lowest BCUT2D eigenvalue weighted by Gasteiger charge is -2.50. The average Bonchev–Trinajstić information content (AvgIpc) is 3.38. The van der Waals surface area contributed by atoms with Gasteiger partial charge in [-0.05, 0) is 55.2 Å². The third kappa shape index (κ3) is 5.17. The van der Waals surface area contributed by atoms with E-state index >= 15 is 0 Å². The van der Waals surface area contributed by atoms with Gasteiger partial charge in [0.15, 0.2) is 5.78 Å². The van der Waals surface area contributed by atoms with Gasteiger partial charge in [-0.1, -0.05) is 76.5 Å². The van der Waals surface area contributed by atoms with E-state index in [0.717, 1.165) is 37.7 Å². The summed E-state index contributed by atoms with van der Waals surface area (Å²) in [6, 6.07) is 5.63. The predicted octanol–water partition coefficient (Wildman–Crippen LogP) is 4.97. The third-order valence-electron chi connectivity index (χ3n) is 11.4. The van der Waals surface area contributed by atoms with Crippen molar-refractivity contribution in [1.29, 1.82) is 0 Å². The number of carbonyl (C=O) groups excluding carboxylic acids is 2. The molecule has 0 saturated heterocycles. The van der Waals surface area contributed by atoms with Crippen molar-refractivity contribution in [3.63, 3.8) is 0 Å². The zero-order valence-electron chi connectivity index (χ0n) is 26.2. The van der Waals surface area contributed by atoms with Crippen LogP contribution in [0.15, 0.2) is 47.6 Å². The Hall–Kier alpha value is -2.46. The molecule has 0 aromatic heterocycles. The maximum absolute atomic E-state index is 13.4. The summed E-state index contributed by atoms with van der Waals surface area (Å²) in [6.07, 6.45) is 6.10. The number of esters is 1. The lowest BCUT2D eigenvalue weighted by atomic mass is 9.60. The van der Waals surface area contributed by atoms with Crippen LogP contribution in [0, 0.1) is 29.1 Å². The second-order valence-corrected chi connectivity index (χ2v) is 14.4. The molecule has 0 heterocycles. The highest BCUT2D eigenvalue weighted by Gasteiger charge is 2.83. The summed E-state index contributed by atoms with van der Waals surface area (Å²) in [5.41, 5.74) is 3.61. The minimum absolute atomic E-state index is 0.0266. The zero-order chi connectivity index (χ0) is 32.2. The van der Waals surface area contributed by atoms with Gasteiger partial charge in [0.05, 0.1) is 12.2 Å². The molecule has 7 nitrogen and oxygen atoms in total. The summed E-state index contributed by atoms with van der Waals surface area (Å²) in [4.78, 5) is 26.5. The molecule has 8 atom stereocenters. The maximum Gasteiger partial charge on any atom is 0.323 e. The Morgan fingerprint density at radius 2 is 1.75 bits per heavy atom. The minimum Gasteiger partial charge on any atom is -0.457 e. The van der Waals surface area contributed by atoms with E-state index < -0.39 is 64.2 Å². The summed E-state index contributed by atoms with van der Waals surface area (Å²) < 4.78 is 31.8. The summed E-state index contributed by atoms with van der Waals surface area (Å²) in [5, 5.41) is 34.2. The van der Waals surface area contributed by atoms with Crippen molar-refractivity contribution in [2.45, 2.75) is 108 Å². The Labute approximate surface area is 258 Å². The molecule has 2 fully saturated rings. The van der Waals surface area contributed by atoms with Gasteiger partial charge in [-0.25, -0.2) is 8.78 Å². The summed E-state index contributed by atoms with van der Waals surface area (Å²) in [5.74, 6) is -2.99. The van der Waals surface area contributed by atoms with Crippen LogP contribution in [0.25, 0.3) is 0 Å². The van der Waals surface area contributed by atoms with Crippen molar-refractivity contribution >= 4 is 11.8 Å². The van der Waals surface area contributed by atoms with Gasteiger partial charge in [0, 0.05) is 35.2 Å². The van der Waals surface area contributed by atoms with Crippen LogP contribution in [0.3, 0.4) is 0 Å². The van der Waals surface area contributed by atoms with Crippen molar-refractivity contribution in [3.8, 4) is 0 Å². The number of unbranched alkanes of at least 4 members (excludes halogenated alkanes) is 3. The number of aryl methyl sites for hydroxylation is 1. The number of halogens is 2. The lowest BCUT2D eigenvalue weighted by Crippen LogP contribution is -2.61. The Bertz CT molecular complexity index is 1340. The predicted molar refractivity (Wildman–Crippen MR) is 161 cm³/mol. The molecule has 5 N–H and O–H groups in total. The largest absolute Gasteiger partial charge is 0.457 e. The van der Waals surface area contributed by atoms with E-state index in [1.807, 2.05) is 26.8 Å². The number of fused-ring (bicyclic) bond motifs is 5. The first kappa shape index (κ1) is 32.9. The van der Waals surface area contributed by atoms with Gasteiger partial charge in [-0.2, -0.15) is 0 Å². The van der Waals surface area contributed by atoms with Crippen LogP contribution >= 0.6 is 0 Å². The quantitative estimate of drug-likeness (QED) is 0.157. The second kappa shape index (κ2) is 11.7. The zero-order valence-corrected chi connectivity index (χ0v) is 26.2. The number of ether oxygens (including phenoxy) is 1. The first-order valence-corrected chi connectivity index (χ1v) is 16.0. The highest BCUT2D eigenvalue weighted by atomic mass is 19.3. The fourth-order valence-electron chi connectivity index (χ4n) is 8.85.